The normalized spacial score (nSPS) is 18.8. The van der Waals surface area contributed by atoms with Crippen LogP contribution in [0.5, 0.6) is 6.01 Å². The zero-order valence-corrected chi connectivity index (χ0v) is 15.4. The van der Waals surface area contributed by atoms with Gasteiger partial charge in [-0.1, -0.05) is 12.1 Å². The fourth-order valence-corrected chi connectivity index (χ4v) is 4.44. The van der Waals surface area contributed by atoms with E-state index in [0.29, 0.717) is 18.4 Å². The standard InChI is InChI=1S/C17H17F4N3O3S/c18-13-5-3-12(4-6-13)11-28(25,26)24-9-1-2-14(10-24)27-16-22-8-7-15(23-16)17(19,20)21/h3-8,14H,1-2,9-11H2. The van der Waals surface area contributed by atoms with E-state index < -0.39 is 39.8 Å². The van der Waals surface area contributed by atoms with Crippen molar-refractivity contribution in [3.8, 4) is 6.01 Å². The number of alkyl halides is 3. The highest BCUT2D eigenvalue weighted by Gasteiger charge is 2.34. The van der Waals surface area contributed by atoms with Crippen LogP contribution >= 0.6 is 0 Å². The van der Waals surface area contributed by atoms with Crippen LogP contribution in [0.15, 0.2) is 36.5 Å². The van der Waals surface area contributed by atoms with Gasteiger partial charge in [0.2, 0.25) is 10.0 Å². The highest BCUT2D eigenvalue weighted by molar-refractivity contribution is 7.88. The molecule has 28 heavy (non-hydrogen) atoms. The van der Waals surface area contributed by atoms with Gasteiger partial charge in [0.1, 0.15) is 11.9 Å². The molecule has 6 nitrogen and oxygen atoms in total. The first-order valence-electron chi connectivity index (χ1n) is 8.43. The molecule has 1 unspecified atom stereocenters. The molecule has 11 heteroatoms. The van der Waals surface area contributed by atoms with Gasteiger partial charge in [-0.25, -0.2) is 17.8 Å². The van der Waals surface area contributed by atoms with Gasteiger partial charge in [-0.2, -0.15) is 22.5 Å². The zero-order chi connectivity index (χ0) is 20.4. The molecule has 1 aliphatic heterocycles. The van der Waals surface area contributed by atoms with Crippen molar-refractivity contribution in [2.75, 3.05) is 13.1 Å². The van der Waals surface area contributed by atoms with Gasteiger partial charge in [0.25, 0.3) is 0 Å². The molecular formula is C17H17F4N3O3S. The summed E-state index contributed by atoms with van der Waals surface area (Å²) < 4.78 is 83.1. The Morgan fingerprint density at radius 3 is 2.57 bits per heavy atom. The minimum Gasteiger partial charge on any atom is -0.459 e. The average molecular weight is 419 g/mol. The lowest BCUT2D eigenvalue weighted by Crippen LogP contribution is -2.44. The molecule has 0 spiro atoms. The molecule has 1 fully saturated rings. The Balaban J connectivity index is 1.67. The van der Waals surface area contributed by atoms with E-state index in [4.69, 9.17) is 4.74 Å². The average Bonchev–Trinajstić information content (AvgIpc) is 2.63. The molecule has 2 heterocycles. The van der Waals surface area contributed by atoms with Crippen LogP contribution in [-0.2, 0) is 22.0 Å². The molecule has 1 aliphatic rings. The minimum atomic E-state index is -4.63. The highest BCUT2D eigenvalue weighted by Crippen LogP contribution is 2.28. The second kappa shape index (κ2) is 8.00. The van der Waals surface area contributed by atoms with E-state index in [0.717, 1.165) is 12.3 Å². The van der Waals surface area contributed by atoms with Crippen molar-refractivity contribution in [1.29, 1.82) is 0 Å². The van der Waals surface area contributed by atoms with Crippen molar-refractivity contribution < 1.29 is 30.7 Å². The zero-order valence-electron chi connectivity index (χ0n) is 14.6. The van der Waals surface area contributed by atoms with Crippen molar-refractivity contribution in [2.24, 2.45) is 0 Å². The second-order valence-corrected chi connectivity index (χ2v) is 8.31. The molecule has 0 saturated carbocycles. The smallest absolute Gasteiger partial charge is 0.433 e. The van der Waals surface area contributed by atoms with Gasteiger partial charge in [0, 0.05) is 12.7 Å². The molecule has 1 saturated heterocycles. The molecule has 1 aromatic carbocycles. The number of benzene rings is 1. The highest BCUT2D eigenvalue weighted by atomic mass is 32.2. The molecule has 0 amide bonds. The summed E-state index contributed by atoms with van der Waals surface area (Å²) in [6, 6.07) is 5.42. The first-order chi connectivity index (χ1) is 13.1. The van der Waals surface area contributed by atoms with Crippen molar-refractivity contribution in [3.05, 3.63) is 53.6 Å². The van der Waals surface area contributed by atoms with Gasteiger partial charge in [-0.15, -0.1) is 0 Å². The van der Waals surface area contributed by atoms with Crippen molar-refractivity contribution >= 4 is 10.0 Å². The Bertz CT molecular complexity index is 920. The van der Waals surface area contributed by atoms with Crippen LogP contribution in [0.2, 0.25) is 0 Å². The molecule has 0 bridgehead atoms. The number of rotatable bonds is 5. The molecule has 0 radical (unpaired) electrons. The van der Waals surface area contributed by atoms with Crippen molar-refractivity contribution in [1.82, 2.24) is 14.3 Å². The van der Waals surface area contributed by atoms with Crippen LogP contribution in [0, 0.1) is 5.82 Å². The van der Waals surface area contributed by atoms with Gasteiger partial charge < -0.3 is 4.74 Å². The van der Waals surface area contributed by atoms with Gasteiger partial charge >= 0.3 is 12.2 Å². The largest absolute Gasteiger partial charge is 0.459 e. The molecule has 3 rings (SSSR count). The number of piperidine rings is 1. The summed E-state index contributed by atoms with van der Waals surface area (Å²) in [5, 5.41) is 0. The summed E-state index contributed by atoms with van der Waals surface area (Å²) in [7, 11) is -3.70. The first-order valence-corrected chi connectivity index (χ1v) is 10.0. The second-order valence-electron chi connectivity index (χ2n) is 6.35. The van der Waals surface area contributed by atoms with Gasteiger partial charge in [0.15, 0.2) is 5.69 Å². The van der Waals surface area contributed by atoms with Crippen LogP contribution in [0.3, 0.4) is 0 Å². The van der Waals surface area contributed by atoms with Crippen LogP contribution in [0.4, 0.5) is 17.6 Å². The summed E-state index contributed by atoms with van der Waals surface area (Å²) in [5.74, 6) is -0.770. The molecule has 0 aliphatic carbocycles. The predicted molar refractivity (Wildman–Crippen MR) is 91.3 cm³/mol. The number of aromatic nitrogens is 2. The lowest BCUT2D eigenvalue weighted by Gasteiger charge is -2.31. The maximum absolute atomic E-state index is 13.0. The van der Waals surface area contributed by atoms with E-state index in [-0.39, 0.29) is 18.8 Å². The monoisotopic (exact) mass is 419 g/mol. The Hall–Kier alpha value is -2.27. The number of hydrogen-bond acceptors (Lipinski definition) is 5. The minimum absolute atomic E-state index is 0.0247. The third-order valence-corrected chi connectivity index (χ3v) is 6.01. The molecule has 1 aromatic heterocycles. The third-order valence-electron chi connectivity index (χ3n) is 4.19. The number of hydrogen-bond donors (Lipinski definition) is 0. The van der Waals surface area contributed by atoms with Crippen LogP contribution in [-0.4, -0.2) is 41.9 Å². The lowest BCUT2D eigenvalue weighted by atomic mass is 10.1. The summed E-state index contributed by atoms with van der Waals surface area (Å²) in [4.78, 5) is 7.01. The Labute approximate surface area is 159 Å². The summed E-state index contributed by atoms with van der Waals surface area (Å²) in [5.41, 5.74) is -0.695. The first kappa shape index (κ1) is 20.5. The van der Waals surface area contributed by atoms with Crippen molar-refractivity contribution in [3.63, 3.8) is 0 Å². The summed E-state index contributed by atoms with van der Waals surface area (Å²) in [6.07, 6.45) is -3.41. The summed E-state index contributed by atoms with van der Waals surface area (Å²) >= 11 is 0. The topological polar surface area (TPSA) is 72.4 Å². The maximum atomic E-state index is 13.0. The van der Waals surface area contributed by atoms with Crippen LogP contribution < -0.4 is 4.74 Å². The van der Waals surface area contributed by atoms with Gasteiger partial charge in [-0.05, 0) is 36.6 Å². The lowest BCUT2D eigenvalue weighted by molar-refractivity contribution is -0.141. The van der Waals surface area contributed by atoms with Crippen LogP contribution in [0.1, 0.15) is 24.1 Å². The SMILES string of the molecule is O=S(=O)(Cc1ccc(F)cc1)N1CCCC(Oc2nccc(C(F)(F)F)n2)C1. The predicted octanol–water partition coefficient (Wildman–Crippen LogP) is 3.01. The Morgan fingerprint density at radius 2 is 1.89 bits per heavy atom. The summed E-state index contributed by atoms with van der Waals surface area (Å²) in [6.45, 7) is 0.246. The van der Waals surface area contributed by atoms with E-state index in [1.54, 1.807) is 0 Å². The van der Waals surface area contributed by atoms with E-state index in [1.165, 1.54) is 28.6 Å². The quantitative estimate of drug-likeness (QED) is 0.697. The maximum Gasteiger partial charge on any atom is 0.433 e. The molecule has 0 N–H and O–H groups in total. The Morgan fingerprint density at radius 1 is 1.18 bits per heavy atom. The Kier molecular flexibility index (Phi) is 5.84. The molecule has 1 atom stereocenters. The third kappa shape index (κ3) is 5.16. The van der Waals surface area contributed by atoms with E-state index in [9.17, 15) is 26.0 Å². The molecule has 2 aromatic rings. The molecular weight excluding hydrogens is 402 g/mol. The number of sulfonamides is 1. The van der Waals surface area contributed by atoms with Crippen molar-refractivity contribution in [2.45, 2.75) is 30.9 Å². The van der Waals surface area contributed by atoms with Gasteiger partial charge in [0.05, 0.1) is 12.3 Å². The fraction of sp³-hybridized carbons (Fsp3) is 0.412. The number of nitrogens with zero attached hydrogens (tertiary/aromatic N) is 3. The van der Waals surface area contributed by atoms with E-state index >= 15 is 0 Å². The molecule has 152 valence electrons. The fourth-order valence-electron chi connectivity index (χ4n) is 2.84. The number of halogens is 4. The van der Waals surface area contributed by atoms with Gasteiger partial charge in [-0.3, -0.25) is 0 Å². The number of ether oxygens (including phenoxy) is 1. The van der Waals surface area contributed by atoms with E-state index in [1.807, 2.05) is 0 Å². The van der Waals surface area contributed by atoms with Crippen LogP contribution in [0.25, 0.3) is 0 Å². The van der Waals surface area contributed by atoms with E-state index in [2.05, 4.69) is 9.97 Å².